The molecule has 0 spiro atoms. The van der Waals surface area contributed by atoms with Crippen molar-refractivity contribution < 1.29 is 4.79 Å². The van der Waals surface area contributed by atoms with Crippen molar-refractivity contribution in [3.8, 4) is 6.07 Å². The van der Waals surface area contributed by atoms with Crippen molar-refractivity contribution in [2.24, 2.45) is 0 Å². The van der Waals surface area contributed by atoms with Crippen molar-refractivity contribution in [3.05, 3.63) is 36.9 Å². The van der Waals surface area contributed by atoms with Crippen molar-refractivity contribution in [3.63, 3.8) is 0 Å². The summed E-state index contributed by atoms with van der Waals surface area (Å²) in [4.78, 5) is 12.8. The largest absolute Gasteiger partial charge is 0.323 e. The highest BCUT2D eigenvalue weighted by atomic mass is 32.2. The van der Waals surface area contributed by atoms with Crippen LogP contribution in [0.3, 0.4) is 0 Å². The molecule has 3 nitrogen and oxygen atoms in total. The molecule has 1 amide bonds. The van der Waals surface area contributed by atoms with E-state index in [0.29, 0.717) is 6.42 Å². The van der Waals surface area contributed by atoms with Crippen molar-refractivity contribution in [2.45, 2.75) is 16.1 Å². The van der Waals surface area contributed by atoms with Gasteiger partial charge in [0.2, 0.25) is 0 Å². The molecule has 0 aliphatic carbocycles. The summed E-state index contributed by atoms with van der Waals surface area (Å²) < 4.78 is -1.07. The van der Waals surface area contributed by atoms with Crippen LogP contribution in [-0.2, 0) is 4.79 Å². The molecule has 1 heterocycles. The first-order valence-corrected chi connectivity index (χ1v) is 5.65. The second-order valence-corrected chi connectivity index (χ2v) is 4.82. The van der Waals surface area contributed by atoms with Crippen LogP contribution >= 0.6 is 11.8 Å². The molecule has 4 heteroatoms. The topological polar surface area (TPSA) is 52.9 Å². The van der Waals surface area contributed by atoms with Crippen LogP contribution in [0.4, 0.5) is 5.69 Å². The summed E-state index contributed by atoms with van der Waals surface area (Å²) in [5.41, 5.74) is 0.771. The number of amides is 1. The van der Waals surface area contributed by atoms with Gasteiger partial charge in [0.15, 0.2) is 4.75 Å². The van der Waals surface area contributed by atoms with Crippen LogP contribution in [0.15, 0.2) is 41.8 Å². The highest BCUT2D eigenvalue weighted by molar-refractivity contribution is 8.02. The molecule has 1 aliphatic rings. The molecule has 0 saturated heterocycles. The summed E-state index contributed by atoms with van der Waals surface area (Å²) in [6, 6.07) is 9.56. The molecule has 1 aromatic carbocycles. The highest BCUT2D eigenvalue weighted by Crippen LogP contribution is 2.43. The van der Waals surface area contributed by atoms with Gasteiger partial charge in [-0.2, -0.15) is 5.26 Å². The van der Waals surface area contributed by atoms with E-state index < -0.39 is 4.75 Å². The van der Waals surface area contributed by atoms with Gasteiger partial charge in [-0.25, -0.2) is 0 Å². The molecule has 1 atom stereocenters. The van der Waals surface area contributed by atoms with E-state index >= 15 is 0 Å². The van der Waals surface area contributed by atoms with Gasteiger partial charge < -0.3 is 5.32 Å². The lowest BCUT2D eigenvalue weighted by atomic mass is 10.0. The van der Waals surface area contributed by atoms with E-state index in [0.717, 1.165) is 10.6 Å². The lowest BCUT2D eigenvalue weighted by Gasteiger charge is -2.29. The minimum absolute atomic E-state index is 0.265. The number of benzene rings is 1. The highest BCUT2D eigenvalue weighted by Gasteiger charge is 2.42. The van der Waals surface area contributed by atoms with Crippen LogP contribution in [0.2, 0.25) is 0 Å². The zero-order chi connectivity index (χ0) is 11.6. The first kappa shape index (κ1) is 10.8. The van der Waals surface area contributed by atoms with E-state index in [1.54, 1.807) is 6.08 Å². The number of thioether (sulfide) groups is 1. The Morgan fingerprint density at radius 1 is 1.56 bits per heavy atom. The Morgan fingerprint density at radius 3 is 3.00 bits per heavy atom. The number of fused-ring (bicyclic) bond motifs is 1. The van der Waals surface area contributed by atoms with E-state index in [1.165, 1.54) is 11.8 Å². The first-order chi connectivity index (χ1) is 7.72. The van der Waals surface area contributed by atoms with E-state index in [4.69, 9.17) is 0 Å². The molecule has 0 fully saturated rings. The van der Waals surface area contributed by atoms with Crippen LogP contribution in [0.1, 0.15) is 6.42 Å². The van der Waals surface area contributed by atoms with E-state index in [9.17, 15) is 10.1 Å². The van der Waals surface area contributed by atoms with Crippen molar-refractivity contribution >= 4 is 23.4 Å². The molecule has 16 heavy (non-hydrogen) atoms. The van der Waals surface area contributed by atoms with Gasteiger partial charge in [-0.15, -0.1) is 6.58 Å². The van der Waals surface area contributed by atoms with Crippen LogP contribution in [0.25, 0.3) is 0 Å². The van der Waals surface area contributed by atoms with Crippen molar-refractivity contribution in [1.29, 1.82) is 5.26 Å². The maximum Gasteiger partial charge on any atom is 0.255 e. The maximum atomic E-state index is 11.9. The van der Waals surface area contributed by atoms with Crippen molar-refractivity contribution in [1.82, 2.24) is 0 Å². The smallest absolute Gasteiger partial charge is 0.255 e. The van der Waals surface area contributed by atoms with Gasteiger partial charge in [0.25, 0.3) is 5.91 Å². The number of carbonyl (C=O) groups excluding carboxylic acids is 1. The third-order valence-corrected chi connectivity index (χ3v) is 3.77. The van der Waals surface area contributed by atoms with Crippen LogP contribution in [0.5, 0.6) is 0 Å². The normalized spacial score (nSPS) is 22.8. The van der Waals surface area contributed by atoms with Gasteiger partial charge in [-0.3, -0.25) is 4.79 Å². The fourth-order valence-electron chi connectivity index (χ4n) is 1.57. The summed E-state index contributed by atoms with van der Waals surface area (Å²) in [6.45, 7) is 3.59. The number of para-hydroxylation sites is 1. The molecule has 80 valence electrons. The lowest BCUT2D eigenvalue weighted by molar-refractivity contribution is -0.117. The minimum atomic E-state index is -1.07. The number of nitrogens with zero attached hydrogens (tertiary/aromatic N) is 1. The Kier molecular flexibility index (Phi) is 2.71. The SMILES string of the molecule is C=CCC1(C#N)Sc2ccccc2NC1=O. The molecular weight excluding hydrogens is 220 g/mol. The summed E-state index contributed by atoms with van der Waals surface area (Å²) in [7, 11) is 0. The van der Waals surface area contributed by atoms with Gasteiger partial charge in [0.05, 0.1) is 11.8 Å². The molecule has 1 aliphatic heterocycles. The minimum Gasteiger partial charge on any atom is -0.323 e. The molecule has 2 rings (SSSR count). The lowest BCUT2D eigenvalue weighted by Crippen LogP contribution is -2.40. The number of rotatable bonds is 2. The second-order valence-electron chi connectivity index (χ2n) is 3.48. The average molecular weight is 230 g/mol. The third-order valence-electron chi connectivity index (χ3n) is 2.40. The zero-order valence-corrected chi connectivity index (χ0v) is 9.38. The maximum absolute atomic E-state index is 11.9. The van der Waals surface area contributed by atoms with Gasteiger partial charge in [-0.05, 0) is 12.1 Å². The zero-order valence-electron chi connectivity index (χ0n) is 8.56. The van der Waals surface area contributed by atoms with Gasteiger partial charge in [-0.1, -0.05) is 30.0 Å². The van der Waals surface area contributed by atoms with Crippen molar-refractivity contribution in [2.75, 3.05) is 5.32 Å². The monoisotopic (exact) mass is 230 g/mol. The Hall–Kier alpha value is -1.73. The number of allylic oxidation sites excluding steroid dienone is 1. The van der Waals surface area contributed by atoms with Crippen LogP contribution in [0, 0.1) is 11.3 Å². The molecule has 1 unspecified atom stereocenters. The predicted molar refractivity (Wildman–Crippen MR) is 64.1 cm³/mol. The van der Waals surface area contributed by atoms with E-state index in [1.807, 2.05) is 24.3 Å². The molecule has 0 saturated carbocycles. The summed E-state index contributed by atoms with van der Waals surface area (Å²) >= 11 is 1.29. The van der Waals surface area contributed by atoms with Crippen LogP contribution in [-0.4, -0.2) is 10.7 Å². The second kappa shape index (κ2) is 4.03. The molecule has 0 aromatic heterocycles. The fourth-order valence-corrected chi connectivity index (χ4v) is 2.71. The number of anilines is 1. The molecular formula is C12H10N2OS. The summed E-state index contributed by atoms with van der Waals surface area (Å²) in [6.07, 6.45) is 1.94. The number of carbonyl (C=O) groups is 1. The quantitative estimate of drug-likeness (QED) is 0.794. The number of nitriles is 1. The number of nitrogens with one attached hydrogen (secondary N) is 1. The van der Waals surface area contributed by atoms with E-state index in [-0.39, 0.29) is 5.91 Å². The van der Waals surface area contributed by atoms with Gasteiger partial charge in [0.1, 0.15) is 0 Å². The Morgan fingerprint density at radius 2 is 2.31 bits per heavy atom. The molecule has 0 bridgehead atoms. The summed E-state index contributed by atoms with van der Waals surface area (Å²) in [5.74, 6) is -0.265. The molecule has 0 radical (unpaired) electrons. The number of hydrogen-bond donors (Lipinski definition) is 1. The molecule has 1 N–H and O–H groups in total. The Balaban J connectivity index is 2.44. The molecule has 1 aromatic rings. The van der Waals surface area contributed by atoms with Gasteiger partial charge >= 0.3 is 0 Å². The fraction of sp³-hybridized carbons (Fsp3) is 0.167. The average Bonchev–Trinajstić information content (AvgIpc) is 2.30. The first-order valence-electron chi connectivity index (χ1n) is 4.83. The van der Waals surface area contributed by atoms with Gasteiger partial charge in [0, 0.05) is 11.3 Å². The standard InChI is InChI=1S/C12H10N2OS/c1-2-7-12(8-13)11(15)14-9-5-3-4-6-10(9)16-12/h2-6H,1,7H2,(H,14,15). The Bertz CT molecular complexity index is 492. The number of hydrogen-bond acceptors (Lipinski definition) is 3. The Labute approximate surface area is 98.2 Å². The van der Waals surface area contributed by atoms with Crippen LogP contribution < -0.4 is 5.32 Å². The third kappa shape index (κ3) is 1.59. The predicted octanol–water partition coefficient (Wildman–Crippen LogP) is 2.57. The van der Waals surface area contributed by atoms with E-state index in [2.05, 4.69) is 18.0 Å². The summed E-state index contributed by atoms with van der Waals surface area (Å²) in [5, 5.41) is 11.9.